The Labute approximate surface area is 119 Å². The van der Waals surface area contributed by atoms with Crippen LogP contribution in [0.5, 0.6) is 0 Å². The zero-order valence-corrected chi connectivity index (χ0v) is 12.4. The second-order valence-electron chi connectivity index (χ2n) is 5.69. The normalized spacial score (nSPS) is 24.5. The number of aromatic nitrogens is 1. The molecule has 0 saturated carbocycles. The molecule has 1 aliphatic heterocycles. The van der Waals surface area contributed by atoms with Crippen molar-refractivity contribution in [3.05, 3.63) is 10.6 Å². The van der Waals surface area contributed by atoms with Crippen molar-refractivity contribution in [2.45, 2.75) is 38.1 Å². The smallest absolute Gasteiger partial charge is 0.185 e. The molecule has 0 aromatic carbocycles. The van der Waals surface area contributed by atoms with Crippen LogP contribution in [0.3, 0.4) is 0 Å². The molecule has 0 radical (unpaired) electrons. The summed E-state index contributed by atoms with van der Waals surface area (Å²) in [7, 11) is 1.79. The van der Waals surface area contributed by atoms with Gasteiger partial charge < -0.3 is 15.4 Å². The molecule has 5 heteroatoms. The molecule has 19 heavy (non-hydrogen) atoms. The van der Waals surface area contributed by atoms with E-state index in [1.807, 2.05) is 11.3 Å². The number of hydrogen-bond acceptors (Lipinski definition) is 5. The van der Waals surface area contributed by atoms with Crippen LogP contribution in [0, 0.1) is 5.92 Å². The quantitative estimate of drug-likeness (QED) is 0.924. The van der Waals surface area contributed by atoms with Crippen LogP contribution in [0.15, 0.2) is 0 Å². The van der Waals surface area contributed by atoms with Crippen LogP contribution < -0.4 is 10.6 Å². The Hall–Kier alpha value is -0.650. The topological polar surface area (TPSA) is 51.4 Å². The van der Waals surface area contributed by atoms with E-state index in [1.165, 1.54) is 41.4 Å². The second-order valence-corrected chi connectivity index (χ2v) is 6.75. The molecule has 0 amide bonds. The fourth-order valence-electron chi connectivity index (χ4n) is 3.10. The van der Waals surface area contributed by atoms with Gasteiger partial charge in [0.15, 0.2) is 5.13 Å². The van der Waals surface area contributed by atoms with Crippen LogP contribution in [0.4, 0.5) is 5.13 Å². The number of ether oxygens (including phenoxy) is 1. The summed E-state index contributed by atoms with van der Waals surface area (Å²) in [6.07, 6.45) is 5.90. The van der Waals surface area contributed by atoms with Crippen LogP contribution in [-0.2, 0) is 11.2 Å². The summed E-state index contributed by atoms with van der Waals surface area (Å²) in [5, 5.41) is 1.19. The number of fused-ring (bicyclic) bond motifs is 1. The Morgan fingerprint density at radius 3 is 2.84 bits per heavy atom. The first-order chi connectivity index (χ1) is 9.28. The van der Waals surface area contributed by atoms with Gasteiger partial charge >= 0.3 is 0 Å². The maximum Gasteiger partial charge on any atom is 0.185 e. The minimum Gasteiger partial charge on any atom is -0.384 e. The van der Waals surface area contributed by atoms with Gasteiger partial charge in [0.1, 0.15) is 0 Å². The van der Waals surface area contributed by atoms with Gasteiger partial charge in [-0.2, -0.15) is 0 Å². The lowest BCUT2D eigenvalue weighted by Gasteiger charge is -2.31. The van der Waals surface area contributed by atoms with Crippen molar-refractivity contribution in [3.63, 3.8) is 0 Å². The molecule has 2 aliphatic rings. The highest BCUT2D eigenvalue weighted by atomic mass is 32.1. The number of aryl methyl sites for hydroxylation is 1. The van der Waals surface area contributed by atoms with Gasteiger partial charge in [0.25, 0.3) is 0 Å². The molecule has 3 rings (SSSR count). The zero-order chi connectivity index (χ0) is 13.2. The molecule has 1 aromatic heterocycles. The molecule has 1 unspecified atom stereocenters. The summed E-state index contributed by atoms with van der Waals surface area (Å²) >= 11 is 1.86. The third-order valence-electron chi connectivity index (χ3n) is 4.27. The Kier molecular flexibility index (Phi) is 4.05. The lowest BCUT2D eigenvalue weighted by Crippen LogP contribution is -2.35. The van der Waals surface area contributed by atoms with Gasteiger partial charge in [-0.15, -0.1) is 11.3 Å². The maximum atomic E-state index is 6.16. The highest BCUT2D eigenvalue weighted by Crippen LogP contribution is 2.36. The zero-order valence-electron chi connectivity index (χ0n) is 11.6. The number of piperidine rings is 1. The van der Waals surface area contributed by atoms with Crippen LogP contribution in [-0.4, -0.2) is 31.8 Å². The van der Waals surface area contributed by atoms with Gasteiger partial charge in [0, 0.05) is 37.7 Å². The Bertz CT molecular complexity index is 426. The van der Waals surface area contributed by atoms with Gasteiger partial charge in [-0.3, -0.25) is 0 Å². The number of rotatable bonds is 3. The highest BCUT2D eigenvalue weighted by molar-refractivity contribution is 7.15. The summed E-state index contributed by atoms with van der Waals surface area (Å²) in [5.41, 5.74) is 7.33. The van der Waals surface area contributed by atoms with Gasteiger partial charge in [0.2, 0.25) is 0 Å². The molecule has 2 heterocycles. The summed E-state index contributed by atoms with van der Waals surface area (Å²) in [6.45, 7) is 3.11. The molecular weight excluding hydrogens is 258 g/mol. The average molecular weight is 281 g/mol. The molecule has 106 valence electrons. The first-order valence-electron chi connectivity index (χ1n) is 7.27. The number of methoxy groups -OCH3 is 1. The fourth-order valence-corrected chi connectivity index (χ4v) is 4.32. The SMILES string of the molecule is COCC1CCN(c2nc3c(s2)CCCC3N)CC1. The predicted octanol–water partition coefficient (Wildman–Crippen LogP) is 2.34. The summed E-state index contributed by atoms with van der Waals surface area (Å²) in [4.78, 5) is 8.67. The Morgan fingerprint density at radius 1 is 1.37 bits per heavy atom. The molecule has 4 nitrogen and oxygen atoms in total. The lowest BCUT2D eigenvalue weighted by molar-refractivity contribution is 0.139. The first kappa shape index (κ1) is 13.3. The van der Waals surface area contributed by atoms with E-state index in [0.717, 1.165) is 32.0 Å². The summed E-state index contributed by atoms with van der Waals surface area (Å²) in [5.74, 6) is 0.720. The predicted molar refractivity (Wildman–Crippen MR) is 78.8 cm³/mol. The number of thiazole rings is 1. The van der Waals surface area contributed by atoms with E-state index in [1.54, 1.807) is 7.11 Å². The van der Waals surface area contributed by atoms with Crippen molar-refractivity contribution in [2.24, 2.45) is 11.7 Å². The van der Waals surface area contributed by atoms with Crippen LogP contribution >= 0.6 is 11.3 Å². The van der Waals surface area contributed by atoms with Crippen LogP contribution in [0.25, 0.3) is 0 Å². The molecule has 2 N–H and O–H groups in total. The number of hydrogen-bond donors (Lipinski definition) is 1. The van der Waals surface area contributed by atoms with E-state index in [9.17, 15) is 0 Å². The molecule has 1 aromatic rings. The fraction of sp³-hybridized carbons (Fsp3) is 0.786. The van der Waals surface area contributed by atoms with Crippen molar-refractivity contribution in [1.82, 2.24) is 4.98 Å². The lowest BCUT2D eigenvalue weighted by atomic mass is 9.98. The Morgan fingerprint density at radius 2 is 2.16 bits per heavy atom. The van der Waals surface area contributed by atoms with Crippen molar-refractivity contribution < 1.29 is 4.74 Å². The number of nitrogens with zero attached hydrogens (tertiary/aromatic N) is 2. The first-order valence-corrected chi connectivity index (χ1v) is 8.08. The third kappa shape index (κ3) is 2.78. The molecular formula is C14H23N3OS. The van der Waals surface area contributed by atoms with Crippen LogP contribution in [0.1, 0.15) is 42.3 Å². The van der Waals surface area contributed by atoms with E-state index in [0.29, 0.717) is 0 Å². The van der Waals surface area contributed by atoms with Gasteiger partial charge in [0.05, 0.1) is 5.69 Å². The van der Waals surface area contributed by atoms with E-state index in [-0.39, 0.29) is 6.04 Å². The number of anilines is 1. The average Bonchev–Trinajstić information content (AvgIpc) is 2.85. The van der Waals surface area contributed by atoms with Gasteiger partial charge in [-0.1, -0.05) is 0 Å². The van der Waals surface area contributed by atoms with Gasteiger partial charge in [-0.25, -0.2) is 4.98 Å². The van der Waals surface area contributed by atoms with E-state index >= 15 is 0 Å². The molecule has 0 bridgehead atoms. The second kappa shape index (κ2) is 5.77. The van der Waals surface area contributed by atoms with E-state index < -0.39 is 0 Å². The summed E-state index contributed by atoms with van der Waals surface area (Å²) < 4.78 is 5.25. The van der Waals surface area contributed by atoms with E-state index in [4.69, 9.17) is 15.5 Å². The Balaban J connectivity index is 1.67. The largest absolute Gasteiger partial charge is 0.384 e. The van der Waals surface area contributed by atoms with Crippen molar-refractivity contribution in [1.29, 1.82) is 0 Å². The van der Waals surface area contributed by atoms with Crippen LogP contribution in [0.2, 0.25) is 0 Å². The summed E-state index contributed by atoms with van der Waals surface area (Å²) in [6, 6.07) is 0.166. The number of nitrogens with two attached hydrogens (primary N) is 1. The molecule has 1 aliphatic carbocycles. The van der Waals surface area contributed by atoms with Gasteiger partial charge in [-0.05, 0) is 38.0 Å². The van der Waals surface area contributed by atoms with Crippen molar-refractivity contribution in [2.75, 3.05) is 31.7 Å². The minimum absolute atomic E-state index is 0.166. The molecule has 1 saturated heterocycles. The van der Waals surface area contributed by atoms with E-state index in [2.05, 4.69) is 4.90 Å². The molecule has 1 fully saturated rings. The third-order valence-corrected chi connectivity index (χ3v) is 5.47. The monoisotopic (exact) mass is 281 g/mol. The van der Waals surface area contributed by atoms with Crippen molar-refractivity contribution >= 4 is 16.5 Å². The van der Waals surface area contributed by atoms with Crippen molar-refractivity contribution in [3.8, 4) is 0 Å². The molecule has 0 spiro atoms. The molecule has 1 atom stereocenters. The standard InChI is InChI=1S/C14H23N3OS/c1-18-9-10-5-7-17(8-6-10)14-16-13-11(15)3-2-4-12(13)19-14/h10-11H,2-9,15H2,1H3. The minimum atomic E-state index is 0.166. The highest BCUT2D eigenvalue weighted by Gasteiger charge is 2.26. The maximum absolute atomic E-state index is 6.16.